The van der Waals surface area contributed by atoms with Gasteiger partial charge in [0.05, 0.1) is 10.7 Å². The molecular weight excluding hydrogens is 242 g/mol. The third kappa shape index (κ3) is 3.77. The van der Waals surface area contributed by atoms with E-state index in [0.29, 0.717) is 6.04 Å². The van der Waals surface area contributed by atoms with Gasteiger partial charge in [0.25, 0.3) is 0 Å². The molecule has 18 heavy (non-hydrogen) atoms. The van der Waals surface area contributed by atoms with E-state index in [1.807, 2.05) is 18.4 Å². The van der Waals surface area contributed by atoms with Crippen LogP contribution in [0.25, 0.3) is 0 Å². The van der Waals surface area contributed by atoms with Crippen molar-refractivity contribution >= 4 is 11.3 Å². The van der Waals surface area contributed by atoms with Crippen molar-refractivity contribution in [3.05, 3.63) is 16.1 Å². The lowest BCUT2D eigenvalue weighted by atomic mass is 10.1. The number of nitrogens with one attached hydrogen (secondary N) is 1. The van der Waals surface area contributed by atoms with Gasteiger partial charge in [-0.25, -0.2) is 4.98 Å². The van der Waals surface area contributed by atoms with Crippen LogP contribution in [0.2, 0.25) is 0 Å². The van der Waals surface area contributed by atoms with Crippen LogP contribution in [-0.4, -0.2) is 42.6 Å². The van der Waals surface area contributed by atoms with Crippen LogP contribution in [0.1, 0.15) is 31.0 Å². The fourth-order valence-corrected chi connectivity index (χ4v) is 3.49. The second-order valence-corrected chi connectivity index (χ2v) is 6.32. The molecule has 3 nitrogen and oxygen atoms in total. The lowest BCUT2D eigenvalue weighted by molar-refractivity contribution is 0.342. The predicted molar refractivity (Wildman–Crippen MR) is 78.3 cm³/mol. The Morgan fingerprint density at radius 2 is 2.44 bits per heavy atom. The zero-order valence-electron chi connectivity index (χ0n) is 11.8. The van der Waals surface area contributed by atoms with Crippen LogP contribution in [0.5, 0.6) is 0 Å². The smallest absolute Gasteiger partial charge is 0.0931 e. The topological polar surface area (TPSA) is 28.2 Å². The van der Waals surface area contributed by atoms with E-state index in [0.717, 1.165) is 12.3 Å². The number of likely N-dealkylation sites (N-methyl/N-ethyl adjacent to an activating group) is 1. The van der Waals surface area contributed by atoms with Gasteiger partial charge >= 0.3 is 0 Å². The summed E-state index contributed by atoms with van der Waals surface area (Å²) >= 11 is 1.84. The van der Waals surface area contributed by atoms with Crippen molar-refractivity contribution in [2.45, 2.75) is 39.2 Å². The van der Waals surface area contributed by atoms with Gasteiger partial charge in [-0.15, -0.1) is 11.3 Å². The fraction of sp³-hybridized carbons (Fsp3) is 0.786. The van der Waals surface area contributed by atoms with Gasteiger partial charge < -0.3 is 10.2 Å². The molecule has 2 atom stereocenters. The molecule has 1 aliphatic heterocycles. The Morgan fingerprint density at radius 3 is 3.11 bits per heavy atom. The molecule has 0 saturated carbocycles. The van der Waals surface area contributed by atoms with Crippen LogP contribution < -0.4 is 5.32 Å². The van der Waals surface area contributed by atoms with Gasteiger partial charge in [0.2, 0.25) is 0 Å². The highest BCUT2D eigenvalue weighted by atomic mass is 32.1. The van der Waals surface area contributed by atoms with Gasteiger partial charge in [0, 0.05) is 30.8 Å². The largest absolute Gasteiger partial charge is 0.317 e. The van der Waals surface area contributed by atoms with E-state index < -0.39 is 0 Å². The normalized spacial score (nSPS) is 22.5. The van der Waals surface area contributed by atoms with Gasteiger partial charge in [0.1, 0.15) is 0 Å². The summed E-state index contributed by atoms with van der Waals surface area (Å²) in [6.07, 6.45) is 3.56. The fourth-order valence-electron chi connectivity index (χ4n) is 2.57. The number of hydrogen-bond acceptors (Lipinski definition) is 4. The third-order valence-electron chi connectivity index (χ3n) is 3.89. The van der Waals surface area contributed by atoms with Gasteiger partial charge in [-0.1, -0.05) is 6.92 Å². The second-order valence-electron chi connectivity index (χ2n) is 5.38. The van der Waals surface area contributed by atoms with E-state index in [4.69, 9.17) is 4.98 Å². The molecule has 1 saturated heterocycles. The first-order valence-corrected chi connectivity index (χ1v) is 7.92. The molecule has 2 unspecified atom stereocenters. The Hall–Kier alpha value is -0.450. The van der Waals surface area contributed by atoms with Crippen molar-refractivity contribution in [3.63, 3.8) is 0 Å². The van der Waals surface area contributed by atoms with E-state index in [-0.39, 0.29) is 0 Å². The highest BCUT2D eigenvalue weighted by Crippen LogP contribution is 2.22. The van der Waals surface area contributed by atoms with Gasteiger partial charge in [-0.2, -0.15) is 0 Å². The van der Waals surface area contributed by atoms with Crippen LogP contribution in [0.15, 0.2) is 5.38 Å². The maximum atomic E-state index is 4.77. The predicted octanol–water partition coefficient (Wildman–Crippen LogP) is 2.18. The Morgan fingerprint density at radius 1 is 1.61 bits per heavy atom. The highest BCUT2D eigenvalue weighted by molar-refractivity contribution is 7.09. The molecule has 2 rings (SSSR count). The summed E-state index contributed by atoms with van der Waals surface area (Å²) in [5.41, 5.74) is 1.25. The van der Waals surface area contributed by atoms with Crippen LogP contribution in [-0.2, 0) is 12.8 Å². The number of thiazole rings is 1. The summed E-state index contributed by atoms with van der Waals surface area (Å²) in [6.45, 7) is 8.19. The molecule has 0 spiro atoms. The number of aromatic nitrogens is 1. The van der Waals surface area contributed by atoms with Crippen molar-refractivity contribution < 1.29 is 0 Å². The first kappa shape index (κ1) is 14.0. The first-order valence-electron chi connectivity index (χ1n) is 7.04. The average Bonchev–Trinajstić information content (AvgIpc) is 2.99. The summed E-state index contributed by atoms with van der Waals surface area (Å²) < 4.78 is 0. The summed E-state index contributed by atoms with van der Waals surface area (Å²) in [5.74, 6) is 0.825. The van der Waals surface area contributed by atoms with Gasteiger partial charge in [0.15, 0.2) is 0 Å². The highest BCUT2D eigenvalue weighted by Gasteiger charge is 2.22. The minimum Gasteiger partial charge on any atom is -0.317 e. The van der Waals surface area contributed by atoms with Crippen LogP contribution in [0.4, 0.5) is 0 Å². The molecule has 0 aliphatic carbocycles. The zero-order valence-corrected chi connectivity index (χ0v) is 12.6. The van der Waals surface area contributed by atoms with Gasteiger partial charge in [-0.05, 0) is 39.4 Å². The maximum Gasteiger partial charge on any atom is 0.0931 e. The Balaban J connectivity index is 1.83. The molecule has 102 valence electrons. The molecule has 1 N–H and O–H groups in total. The van der Waals surface area contributed by atoms with Crippen molar-refractivity contribution in [1.82, 2.24) is 15.2 Å². The van der Waals surface area contributed by atoms with Crippen molar-refractivity contribution in [1.29, 1.82) is 0 Å². The van der Waals surface area contributed by atoms with E-state index in [2.05, 4.69) is 29.4 Å². The lowest BCUT2D eigenvalue weighted by Gasteiger charge is -2.12. The lowest BCUT2D eigenvalue weighted by Crippen LogP contribution is -2.23. The van der Waals surface area contributed by atoms with E-state index in [1.54, 1.807) is 0 Å². The molecule has 4 heteroatoms. The Bertz CT molecular complexity index is 364. The quantitative estimate of drug-likeness (QED) is 0.856. The van der Waals surface area contributed by atoms with E-state index >= 15 is 0 Å². The van der Waals surface area contributed by atoms with Crippen molar-refractivity contribution in [2.75, 3.05) is 26.7 Å². The standard InChI is InChI=1S/C14H25N3S/c1-4-17-6-5-12(9-17)8-14-16-13(10-18-14)7-11(2)15-3/h10-12,15H,4-9H2,1-3H3. The molecule has 0 aromatic carbocycles. The molecule has 1 aromatic rings. The van der Waals surface area contributed by atoms with Crippen molar-refractivity contribution in [2.24, 2.45) is 5.92 Å². The van der Waals surface area contributed by atoms with Crippen LogP contribution in [0, 0.1) is 5.92 Å². The first-order chi connectivity index (χ1) is 8.71. The summed E-state index contributed by atoms with van der Waals surface area (Å²) in [4.78, 5) is 7.32. The number of hydrogen-bond donors (Lipinski definition) is 1. The molecule has 2 heterocycles. The number of rotatable bonds is 6. The Kier molecular flexibility index (Phi) is 5.15. The summed E-state index contributed by atoms with van der Waals surface area (Å²) in [5, 5.41) is 6.83. The van der Waals surface area contributed by atoms with Crippen molar-refractivity contribution in [3.8, 4) is 0 Å². The molecule has 0 radical (unpaired) electrons. The minimum absolute atomic E-state index is 0.516. The molecule has 0 bridgehead atoms. The molecule has 1 aliphatic rings. The average molecular weight is 267 g/mol. The number of likely N-dealkylation sites (tertiary alicyclic amines) is 1. The zero-order chi connectivity index (χ0) is 13.0. The van der Waals surface area contributed by atoms with E-state index in [1.165, 1.54) is 43.2 Å². The molecule has 1 fully saturated rings. The van der Waals surface area contributed by atoms with Crippen LogP contribution in [0.3, 0.4) is 0 Å². The molecular formula is C14H25N3S. The monoisotopic (exact) mass is 267 g/mol. The van der Waals surface area contributed by atoms with Crippen LogP contribution >= 0.6 is 11.3 Å². The summed E-state index contributed by atoms with van der Waals surface area (Å²) in [7, 11) is 2.01. The SMILES string of the molecule is CCN1CCC(Cc2nc(CC(C)NC)cs2)C1. The second kappa shape index (κ2) is 6.64. The summed E-state index contributed by atoms with van der Waals surface area (Å²) in [6, 6.07) is 0.516. The minimum atomic E-state index is 0.516. The Labute approximate surface area is 115 Å². The number of nitrogens with zero attached hydrogens (tertiary/aromatic N) is 2. The van der Waals surface area contributed by atoms with E-state index in [9.17, 15) is 0 Å². The maximum absolute atomic E-state index is 4.77. The molecule has 0 amide bonds. The third-order valence-corrected chi connectivity index (χ3v) is 4.81. The van der Waals surface area contributed by atoms with Gasteiger partial charge in [-0.3, -0.25) is 0 Å². The molecule has 1 aromatic heterocycles.